The highest BCUT2D eigenvalue weighted by molar-refractivity contribution is 6.31. The second-order valence-electron chi connectivity index (χ2n) is 4.51. The third kappa shape index (κ3) is 3.86. The highest BCUT2D eigenvalue weighted by atomic mass is 35.5. The molecule has 0 aromatic heterocycles. The van der Waals surface area contributed by atoms with Crippen molar-refractivity contribution >= 4 is 23.0 Å². The molecule has 0 radical (unpaired) electrons. The van der Waals surface area contributed by atoms with Crippen molar-refractivity contribution in [3.05, 3.63) is 71.3 Å². The molecule has 108 valence electrons. The van der Waals surface area contributed by atoms with Crippen molar-refractivity contribution in [1.29, 1.82) is 5.41 Å². The van der Waals surface area contributed by atoms with Crippen molar-refractivity contribution in [2.24, 2.45) is 0 Å². The SMILES string of the molecule is C=CC(=N)c1ccc(Cl)cc1NCc1ccc(OC)cc1. The van der Waals surface area contributed by atoms with E-state index < -0.39 is 0 Å². The van der Waals surface area contributed by atoms with E-state index in [1.54, 1.807) is 13.2 Å². The van der Waals surface area contributed by atoms with Crippen molar-refractivity contribution in [2.45, 2.75) is 6.54 Å². The first-order valence-corrected chi connectivity index (χ1v) is 6.89. The monoisotopic (exact) mass is 300 g/mol. The second kappa shape index (κ2) is 6.95. The van der Waals surface area contributed by atoms with Crippen molar-refractivity contribution in [2.75, 3.05) is 12.4 Å². The average Bonchev–Trinajstić information content (AvgIpc) is 2.52. The largest absolute Gasteiger partial charge is 0.497 e. The molecule has 0 aliphatic rings. The van der Waals surface area contributed by atoms with E-state index in [0.29, 0.717) is 17.3 Å². The molecule has 0 heterocycles. The Bertz CT molecular complexity index is 650. The molecule has 0 amide bonds. The van der Waals surface area contributed by atoms with Crippen molar-refractivity contribution in [1.82, 2.24) is 0 Å². The number of methoxy groups -OCH3 is 1. The maximum absolute atomic E-state index is 7.91. The summed E-state index contributed by atoms with van der Waals surface area (Å²) in [5.74, 6) is 0.829. The van der Waals surface area contributed by atoms with Gasteiger partial charge in [0.1, 0.15) is 5.75 Å². The fraction of sp³-hybridized carbons (Fsp3) is 0.118. The van der Waals surface area contributed by atoms with Gasteiger partial charge < -0.3 is 15.5 Å². The zero-order chi connectivity index (χ0) is 15.2. The maximum Gasteiger partial charge on any atom is 0.118 e. The van der Waals surface area contributed by atoms with Crippen molar-refractivity contribution in [3.63, 3.8) is 0 Å². The first-order chi connectivity index (χ1) is 10.1. The van der Waals surface area contributed by atoms with Gasteiger partial charge in [0.25, 0.3) is 0 Å². The molecular weight excluding hydrogens is 284 g/mol. The summed E-state index contributed by atoms with van der Waals surface area (Å²) in [5, 5.41) is 11.8. The molecule has 0 saturated heterocycles. The number of benzene rings is 2. The van der Waals surface area contributed by atoms with Crippen LogP contribution in [0.25, 0.3) is 0 Å². The van der Waals surface area contributed by atoms with Crippen molar-refractivity contribution in [3.8, 4) is 5.75 Å². The molecule has 2 aromatic rings. The summed E-state index contributed by atoms with van der Waals surface area (Å²) in [6.45, 7) is 4.28. The predicted octanol–water partition coefficient (Wildman–Crippen LogP) is 4.51. The van der Waals surface area contributed by atoms with E-state index in [0.717, 1.165) is 22.6 Å². The van der Waals surface area contributed by atoms with Gasteiger partial charge >= 0.3 is 0 Å². The van der Waals surface area contributed by atoms with E-state index in [-0.39, 0.29) is 0 Å². The van der Waals surface area contributed by atoms with Crippen LogP contribution in [0.15, 0.2) is 55.1 Å². The molecule has 0 aliphatic heterocycles. The Morgan fingerprint density at radius 2 is 2.00 bits per heavy atom. The zero-order valence-corrected chi connectivity index (χ0v) is 12.6. The number of anilines is 1. The Hall–Kier alpha value is -2.26. The van der Waals surface area contributed by atoms with Crippen LogP contribution in [0.2, 0.25) is 5.02 Å². The number of allylic oxidation sites excluding steroid dienone is 1. The van der Waals surface area contributed by atoms with Gasteiger partial charge in [0.15, 0.2) is 0 Å². The zero-order valence-electron chi connectivity index (χ0n) is 11.8. The van der Waals surface area contributed by atoms with Crippen molar-refractivity contribution < 1.29 is 4.74 Å². The Kier molecular flexibility index (Phi) is 5.01. The summed E-state index contributed by atoms with van der Waals surface area (Å²) in [6, 6.07) is 13.2. The van der Waals surface area contributed by atoms with E-state index in [2.05, 4.69) is 11.9 Å². The lowest BCUT2D eigenvalue weighted by molar-refractivity contribution is 0.414. The molecule has 2 N–H and O–H groups in total. The molecule has 4 heteroatoms. The van der Waals surface area contributed by atoms with Crippen LogP contribution in [0.4, 0.5) is 5.69 Å². The topological polar surface area (TPSA) is 45.1 Å². The third-order valence-electron chi connectivity index (χ3n) is 3.12. The summed E-state index contributed by atoms with van der Waals surface area (Å²) in [5.41, 5.74) is 3.09. The molecule has 2 rings (SSSR count). The van der Waals surface area contributed by atoms with Crippen LogP contribution in [0.1, 0.15) is 11.1 Å². The highest BCUT2D eigenvalue weighted by Crippen LogP contribution is 2.23. The van der Waals surface area contributed by atoms with Crippen LogP contribution in [-0.2, 0) is 6.54 Å². The molecule has 0 fully saturated rings. The van der Waals surface area contributed by atoms with Gasteiger partial charge in [-0.1, -0.05) is 30.3 Å². The molecule has 0 unspecified atom stereocenters. The van der Waals surface area contributed by atoms with Crippen LogP contribution < -0.4 is 10.1 Å². The lowest BCUT2D eigenvalue weighted by atomic mass is 10.1. The molecule has 2 aromatic carbocycles. The highest BCUT2D eigenvalue weighted by Gasteiger charge is 2.06. The Morgan fingerprint density at radius 3 is 2.62 bits per heavy atom. The number of rotatable bonds is 6. The molecule has 0 saturated carbocycles. The van der Waals surface area contributed by atoms with E-state index in [1.165, 1.54) is 6.08 Å². The molecule has 21 heavy (non-hydrogen) atoms. The number of halogens is 1. The lowest BCUT2D eigenvalue weighted by Crippen LogP contribution is -2.05. The summed E-state index contributed by atoms with van der Waals surface area (Å²) < 4.78 is 5.14. The van der Waals surface area contributed by atoms with Gasteiger partial charge in [0.05, 0.1) is 12.8 Å². The van der Waals surface area contributed by atoms with E-state index in [9.17, 15) is 0 Å². The number of nitrogens with one attached hydrogen (secondary N) is 2. The number of ether oxygens (including phenoxy) is 1. The van der Waals surface area contributed by atoms with Gasteiger partial charge in [-0.15, -0.1) is 0 Å². The van der Waals surface area contributed by atoms with Gasteiger partial charge in [0.2, 0.25) is 0 Å². The van der Waals surface area contributed by atoms with Gasteiger partial charge in [-0.25, -0.2) is 0 Å². The van der Waals surface area contributed by atoms with Crippen LogP contribution in [-0.4, -0.2) is 12.8 Å². The number of hydrogen-bond acceptors (Lipinski definition) is 3. The summed E-state index contributed by atoms with van der Waals surface area (Å²) >= 11 is 6.03. The molecule has 0 atom stereocenters. The fourth-order valence-corrected chi connectivity index (χ4v) is 2.12. The molecular formula is C17H17ClN2O. The predicted molar refractivity (Wildman–Crippen MR) is 88.8 cm³/mol. The summed E-state index contributed by atoms with van der Waals surface area (Å²) in [4.78, 5) is 0. The molecule has 3 nitrogen and oxygen atoms in total. The van der Waals surface area contributed by atoms with Gasteiger partial charge in [-0.2, -0.15) is 0 Å². The summed E-state index contributed by atoms with van der Waals surface area (Å²) in [7, 11) is 1.65. The van der Waals surface area contributed by atoms with Crippen LogP contribution in [0.3, 0.4) is 0 Å². The normalized spacial score (nSPS) is 10.0. The lowest BCUT2D eigenvalue weighted by Gasteiger charge is -2.12. The maximum atomic E-state index is 7.91. The smallest absolute Gasteiger partial charge is 0.118 e. The average molecular weight is 301 g/mol. The molecule has 0 spiro atoms. The second-order valence-corrected chi connectivity index (χ2v) is 4.95. The minimum absolute atomic E-state index is 0.365. The summed E-state index contributed by atoms with van der Waals surface area (Å²) in [6.07, 6.45) is 1.52. The van der Waals surface area contributed by atoms with Crippen LogP contribution in [0, 0.1) is 5.41 Å². The minimum atomic E-state index is 0.365. The van der Waals surface area contributed by atoms with Crippen LogP contribution >= 0.6 is 11.6 Å². The van der Waals surface area contributed by atoms with Gasteiger partial charge in [0, 0.05) is 22.8 Å². The Labute approximate surface area is 129 Å². The Morgan fingerprint density at radius 1 is 1.29 bits per heavy atom. The number of hydrogen-bond donors (Lipinski definition) is 2. The van der Waals surface area contributed by atoms with Gasteiger partial charge in [-0.3, -0.25) is 0 Å². The quantitative estimate of drug-likeness (QED) is 0.771. The molecule has 0 bridgehead atoms. The fourth-order valence-electron chi connectivity index (χ4n) is 1.95. The van der Waals surface area contributed by atoms with E-state index in [4.69, 9.17) is 21.7 Å². The van der Waals surface area contributed by atoms with Crippen LogP contribution in [0.5, 0.6) is 5.75 Å². The van der Waals surface area contributed by atoms with Gasteiger partial charge in [-0.05, 0) is 42.0 Å². The third-order valence-corrected chi connectivity index (χ3v) is 3.35. The standard InChI is InChI=1S/C17H17ClN2O/c1-3-16(19)15-9-6-13(18)10-17(15)20-11-12-4-7-14(21-2)8-5-12/h3-10,19-20H,1,11H2,2H3. The molecule has 0 aliphatic carbocycles. The van der Waals surface area contributed by atoms with E-state index in [1.807, 2.05) is 36.4 Å². The first kappa shape index (κ1) is 15.1. The first-order valence-electron chi connectivity index (χ1n) is 6.51. The Balaban J connectivity index is 2.16. The van der Waals surface area contributed by atoms with E-state index >= 15 is 0 Å². The minimum Gasteiger partial charge on any atom is -0.497 e.